The fourth-order valence-corrected chi connectivity index (χ4v) is 3.28. The molecule has 0 saturated heterocycles. The molecule has 0 radical (unpaired) electrons. The van der Waals surface area contributed by atoms with Crippen LogP contribution in [0.1, 0.15) is 117 Å². The van der Waals surface area contributed by atoms with Gasteiger partial charge in [0.2, 0.25) is 0 Å². The fraction of sp³-hybridized carbons (Fsp3) is 1.00. The first kappa shape index (κ1) is 23.0. The Labute approximate surface area is 148 Å². The molecule has 23 heavy (non-hydrogen) atoms. The van der Waals surface area contributed by atoms with Crippen molar-refractivity contribution in [1.82, 2.24) is 4.90 Å². The van der Waals surface area contributed by atoms with Gasteiger partial charge < -0.3 is 4.90 Å². The molecule has 0 N–H and O–H groups in total. The molecule has 0 aromatic heterocycles. The molecule has 0 amide bonds. The Morgan fingerprint density at radius 3 is 1.09 bits per heavy atom. The third-order valence-electron chi connectivity index (χ3n) is 4.89. The monoisotopic (exact) mass is 325 g/mol. The van der Waals surface area contributed by atoms with E-state index in [1.165, 1.54) is 109 Å². The van der Waals surface area contributed by atoms with E-state index in [1.807, 2.05) is 0 Å². The third-order valence-corrected chi connectivity index (χ3v) is 4.89. The average molecular weight is 326 g/mol. The van der Waals surface area contributed by atoms with Crippen LogP contribution >= 0.6 is 0 Å². The van der Waals surface area contributed by atoms with Crippen molar-refractivity contribution in [3.05, 3.63) is 0 Å². The number of nitrogens with zero attached hydrogens (tertiary/aromatic N) is 1. The Morgan fingerprint density at radius 1 is 0.478 bits per heavy atom. The maximum Gasteiger partial charge on any atom is -0.00248 e. The fourth-order valence-electron chi connectivity index (χ4n) is 3.28. The summed E-state index contributed by atoms with van der Waals surface area (Å²) in [5.41, 5.74) is 0. The van der Waals surface area contributed by atoms with E-state index in [9.17, 15) is 0 Å². The van der Waals surface area contributed by atoms with Gasteiger partial charge in [0.15, 0.2) is 0 Å². The minimum atomic E-state index is 0.896. The second-order valence-electron chi connectivity index (χ2n) is 8.29. The molecule has 140 valence electrons. The summed E-state index contributed by atoms with van der Waals surface area (Å²) in [4.78, 5) is 2.30. The summed E-state index contributed by atoms with van der Waals surface area (Å²) in [5.74, 6) is 0.896. The first-order valence-electron chi connectivity index (χ1n) is 10.8. The zero-order valence-electron chi connectivity index (χ0n) is 17.0. The standard InChI is InChI=1S/C22H47N/c1-22(2)20-18-16-14-12-10-8-6-5-7-9-11-13-15-17-19-21-23(3)4/h22H,5-21H2,1-4H3. The lowest BCUT2D eigenvalue weighted by molar-refractivity contribution is 0.389. The number of hydrogen-bond donors (Lipinski definition) is 0. The van der Waals surface area contributed by atoms with Crippen LogP contribution in [0.4, 0.5) is 0 Å². The largest absolute Gasteiger partial charge is 0.309 e. The highest BCUT2D eigenvalue weighted by molar-refractivity contribution is 4.51. The highest BCUT2D eigenvalue weighted by atomic mass is 15.0. The molecule has 0 heterocycles. The van der Waals surface area contributed by atoms with Crippen LogP contribution in [0.2, 0.25) is 0 Å². The molecule has 0 aliphatic heterocycles. The molecule has 0 aromatic carbocycles. The predicted molar refractivity (Wildman–Crippen MR) is 107 cm³/mol. The van der Waals surface area contributed by atoms with Crippen LogP contribution in [0.3, 0.4) is 0 Å². The summed E-state index contributed by atoms with van der Waals surface area (Å²) in [6, 6.07) is 0. The molecular weight excluding hydrogens is 278 g/mol. The molecule has 1 nitrogen and oxygen atoms in total. The zero-order chi connectivity index (χ0) is 17.2. The molecule has 0 atom stereocenters. The molecule has 0 saturated carbocycles. The summed E-state index contributed by atoms with van der Waals surface area (Å²) >= 11 is 0. The molecule has 0 unspecified atom stereocenters. The van der Waals surface area contributed by atoms with E-state index >= 15 is 0 Å². The first-order chi connectivity index (χ1) is 11.1. The van der Waals surface area contributed by atoms with Gasteiger partial charge in [0.25, 0.3) is 0 Å². The smallest absolute Gasteiger partial charge is 0.00248 e. The Hall–Kier alpha value is -0.0400. The molecule has 0 aliphatic carbocycles. The van der Waals surface area contributed by atoms with Crippen LogP contribution in [0.5, 0.6) is 0 Å². The van der Waals surface area contributed by atoms with Crippen molar-refractivity contribution in [1.29, 1.82) is 0 Å². The number of hydrogen-bond acceptors (Lipinski definition) is 1. The maximum absolute atomic E-state index is 2.34. The Morgan fingerprint density at radius 2 is 0.783 bits per heavy atom. The maximum atomic E-state index is 2.34. The summed E-state index contributed by atoms with van der Waals surface area (Å²) in [7, 11) is 4.35. The summed E-state index contributed by atoms with van der Waals surface area (Å²) in [5, 5.41) is 0. The van der Waals surface area contributed by atoms with Crippen LogP contribution < -0.4 is 0 Å². The van der Waals surface area contributed by atoms with Crippen LogP contribution in [-0.2, 0) is 0 Å². The van der Waals surface area contributed by atoms with E-state index in [1.54, 1.807) is 0 Å². The van der Waals surface area contributed by atoms with Crippen LogP contribution in [0.15, 0.2) is 0 Å². The van der Waals surface area contributed by atoms with Gasteiger partial charge in [-0.05, 0) is 33.0 Å². The average Bonchev–Trinajstić information content (AvgIpc) is 2.49. The number of unbranched alkanes of at least 4 members (excludes halogenated alkanes) is 14. The van der Waals surface area contributed by atoms with E-state index < -0.39 is 0 Å². The van der Waals surface area contributed by atoms with Crippen molar-refractivity contribution >= 4 is 0 Å². The molecule has 1 heteroatoms. The molecule has 0 bridgehead atoms. The minimum Gasteiger partial charge on any atom is -0.309 e. The van der Waals surface area contributed by atoms with E-state index in [0.717, 1.165) is 5.92 Å². The van der Waals surface area contributed by atoms with Crippen molar-refractivity contribution in [2.75, 3.05) is 20.6 Å². The number of rotatable bonds is 18. The zero-order valence-corrected chi connectivity index (χ0v) is 17.0. The summed E-state index contributed by atoms with van der Waals surface area (Å²) < 4.78 is 0. The van der Waals surface area contributed by atoms with E-state index in [0.29, 0.717) is 0 Å². The van der Waals surface area contributed by atoms with Gasteiger partial charge >= 0.3 is 0 Å². The van der Waals surface area contributed by atoms with Crippen molar-refractivity contribution in [2.45, 2.75) is 117 Å². The SMILES string of the molecule is CC(C)CCCCCCCCCCCCCCCCCN(C)C. The van der Waals surface area contributed by atoms with Crippen molar-refractivity contribution in [3.8, 4) is 0 Å². The van der Waals surface area contributed by atoms with Gasteiger partial charge in [-0.1, -0.05) is 110 Å². The van der Waals surface area contributed by atoms with Crippen molar-refractivity contribution < 1.29 is 0 Å². The predicted octanol–water partition coefficient (Wildman–Crippen LogP) is 7.45. The summed E-state index contributed by atoms with van der Waals surface area (Å²) in [6.07, 6.45) is 23.4. The lowest BCUT2D eigenvalue weighted by atomic mass is 10.0. The molecule has 0 rings (SSSR count). The van der Waals surface area contributed by atoms with Gasteiger partial charge in [0.05, 0.1) is 0 Å². The second-order valence-corrected chi connectivity index (χ2v) is 8.29. The van der Waals surface area contributed by atoms with Gasteiger partial charge in [0, 0.05) is 0 Å². The third kappa shape index (κ3) is 22.0. The molecule has 0 spiro atoms. The Bertz CT molecular complexity index is 188. The van der Waals surface area contributed by atoms with Gasteiger partial charge in [-0.25, -0.2) is 0 Å². The highest BCUT2D eigenvalue weighted by Gasteiger charge is 1.96. The first-order valence-corrected chi connectivity index (χ1v) is 10.8. The molecule has 0 aliphatic rings. The Balaban J connectivity index is 2.97. The minimum absolute atomic E-state index is 0.896. The molecule has 0 aromatic rings. The quantitative estimate of drug-likeness (QED) is 0.237. The van der Waals surface area contributed by atoms with Crippen LogP contribution in [-0.4, -0.2) is 25.5 Å². The van der Waals surface area contributed by atoms with E-state index in [2.05, 4.69) is 32.8 Å². The lowest BCUT2D eigenvalue weighted by Gasteiger charge is -2.08. The Kier molecular flexibility index (Phi) is 18.3. The molecular formula is C22H47N. The summed E-state index contributed by atoms with van der Waals surface area (Å²) in [6.45, 7) is 5.94. The topological polar surface area (TPSA) is 3.24 Å². The molecule has 0 fully saturated rings. The second kappa shape index (κ2) is 18.3. The highest BCUT2D eigenvalue weighted by Crippen LogP contribution is 2.14. The van der Waals surface area contributed by atoms with E-state index in [-0.39, 0.29) is 0 Å². The lowest BCUT2D eigenvalue weighted by Crippen LogP contribution is -2.12. The normalized spacial score (nSPS) is 11.7. The van der Waals surface area contributed by atoms with Crippen molar-refractivity contribution in [3.63, 3.8) is 0 Å². The van der Waals surface area contributed by atoms with Gasteiger partial charge in [-0.15, -0.1) is 0 Å². The van der Waals surface area contributed by atoms with E-state index in [4.69, 9.17) is 0 Å². The van der Waals surface area contributed by atoms with Crippen LogP contribution in [0.25, 0.3) is 0 Å². The van der Waals surface area contributed by atoms with Crippen LogP contribution in [0, 0.1) is 5.92 Å². The van der Waals surface area contributed by atoms with Gasteiger partial charge in [-0.3, -0.25) is 0 Å². The van der Waals surface area contributed by atoms with Crippen molar-refractivity contribution in [2.24, 2.45) is 5.92 Å². The van der Waals surface area contributed by atoms with Gasteiger partial charge in [-0.2, -0.15) is 0 Å². The van der Waals surface area contributed by atoms with Gasteiger partial charge in [0.1, 0.15) is 0 Å².